The van der Waals surface area contributed by atoms with Crippen LogP contribution in [0.5, 0.6) is 11.5 Å². The van der Waals surface area contributed by atoms with E-state index in [-0.39, 0.29) is 24.0 Å². The predicted molar refractivity (Wildman–Crippen MR) is 119 cm³/mol. The highest BCUT2D eigenvalue weighted by Gasteiger charge is 2.67. The van der Waals surface area contributed by atoms with Gasteiger partial charge in [0, 0.05) is 6.54 Å². The van der Waals surface area contributed by atoms with Gasteiger partial charge < -0.3 is 24.4 Å². The molecule has 5 rings (SSSR count). The van der Waals surface area contributed by atoms with Crippen LogP contribution in [-0.4, -0.2) is 50.8 Å². The Morgan fingerprint density at radius 3 is 2.76 bits per heavy atom. The van der Waals surface area contributed by atoms with E-state index >= 15 is 0 Å². The normalized spacial score (nSPS) is 27.1. The molecule has 7 nitrogen and oxygen atoms in total. The number of hydrogen-bond donors (Lipinski definition) is 1. The van der Waals surface area contributed by atoms with Gasteiger partial charge in [-0.1, -0.05) is 30.4 Å². The molecule has 0 saturated carbocycles. The molecule has 0 radical (unpaired) electrons. The highest BCUT2D eigenvalue weighted by molar-refractivity contribution is 6.03. The van der Waals surface area contributed by atoms with Crippen LogP contribution < -0.4 is 19.7 Å². The Balaban J connectivity index is 1.28. The van der Waals surface area contributed by atoms with Gasteiger partial charge in [-0.25, -0.2) is 4.39 Å². The van der Waals surface area contributed by atoms with E-state index in [1.54, 1.807) is 32.4 Å². The summed E-state index contributed by atoms with van der Waals surface area (Å²) in [6, 6.07) is 11.8. The van der Waals surface area contributed by atoms with Crippen molar-refractivity contribution in [3.8, 4) is 11.5 Å². The van der Waals surface area contributed by atoms with Crippen LogP contribution in [0.15, 0.2) is 54.6 Å². The SMILES string of the molecule is COc1ccc(CCNC(=O)[C@@H]2[C@H]3C=C[C@@]4(CN(c5ccccc5F)C(=O)[C@@H]24)O3)cc1OC. The van der Waals surface area contributed by atoms with E-state index in [2.05, 4.69) is 5.32 Å². The van der Waals surface area contributed by atoms with Crippen molar-refractivity contribution in [2.45, 2.75) is 18.1 Å². The van der Waals surface area contributed by atoms with Crippen molar-refractivity contribution in [2.24, 2.45) is 11.8 Å². The number of para-hydroxylation sites is 1. The molecule has 0 aliphatic carbocycles. The minimum absolute atomic E-state index is 0.194. The number of carbonyl (C=O) groups excluding carboxylic acids is 2. The second kappa shape index (κ2) is 8.19. The number of fused-ring (bicyclic) bond motifs is 1. The van der Waals surface area contributed by atoms with Crippen molar-refractivity contribution in [1.82, 2.24) is 5.32 Å². The second-order valence-corrected chi connectivity index (χ2v) is 8.51. The van der Waals surface area contributed by atoms with E-state index in [4.69, 9.17) is 14.2 Å². The summed E-state index contributed by atoms with van der Waals surface area (Å²) in [5.74, 6) is -1.05. The van der Waals surface area contributed by atoms with Crippen molar-refractivity contribution in [3.05, 3.63) is 66.0 Å². The topological polar surface area (TPSA) is 77.1 Å². The maximum Gasteiger partial charge on any atom is 0.234 e. The van der Waals surface area contributed by atoms with Crippen LogP contribution >= 0.6 is 0 Å². The molecule has 2 fully saturated rings. The quantitative estimate of drug-likeness (QED) is 0.654. The van der Waals surface area contributed by atoms with Gasteiger partial charge in [-0.15, -0.1) is 0 Å². The Labute approximate surface area is 191 Å². The van der Waals surface area contributed by atoms with Crippen LogP contribution in [0.4, 0.5) is 10.1 Å². The Bertz CT molecular complexity index is 1140. The molecule has 2 aromatic rings. The lowest BCUT2D eigenvalue weighted by Gasteiger charge is -2.23. The molecule has 3 aliphatic rings. The number of amides is 2. The summed E-state index contributed by atoms with van der Waals surface area (Å²) in [5, 5.41) is 2.95. The minimum Gasteiger partial charge on any atom is -0.493 e. The Hall–Kier alpha value is -3.39. The molecule has 2 amide bonds. The molecule has 0 unspecified atom stereocenters. The van der Waals surface area contributed by atoms with Gasteiger partial charge in [0.05, 0.1) is 44.4 Å². The van der Waals surface area contributed by atoms with Crippen molar-refractivity contribution in [2.75, 3.05) is 32.2 Å². The van der Waals surface area contributed by atoms with E-state index in [9.17, 15) is 14.0 Å². The number of nitrogens with zero attached hydrogens (tertiary/aromatic N) is 1. The fourth-order valence-corrected chi connectivity index (χ4v) is 5.16. The average Bonchev–Trinajstić information content (AvgIpc) is 3.47. The molecule has 33 heavy (non-hydrogen) atoms. The van der Waals surface area contributed by atoms with E-state index in [0.717, 1.165) is 5.56 Å². The summed E-state index contributed by atoms with van der Waals surface area (Å²) in [4.78, 5) is 27.8. The fourth-order valence-electron chi connectivity index (χ4n) is 5.16. The first kappa shape index (κ1) is 21.5. The predicted octanol–water partition coefficient (Wildman–Crippen LogP) is 2.49. The molecule has 3 heterocycles. The number of nitrogens with one attached hydrogen (secondary N) is 1. The molecule has 172 valence electrons. The van der Waals surface area contributed by atoms with Gasteiger partial charge in [-0.3, -0.25) is 9.59 Å². The highest BCUT2D eigenvalue weighted by atomic mass is 19.1. The smallest absolute Gasteiger partial charge is 0.234 e. The molecule has 3 aliphatic heterocycles. The van der Waals surface area contributed by atoms with Crippen LogP contribution in [0.2, 0.25) is 0 Å². The van der Waals surface area contributed by atoms with Crippen molar-refractivity contribution in [3.63, 3.8) is 0 Å². The summed E-state index contributed by atoms with van der Waals surface area (Å²) in [7, 11) is 3.15. The maximum absolute atomic E-state index is 14.4. The molecule has 1 N–H and O–H groups in total. The largest absolute Gasteiger partial charge is 0.493 e. The van der Waals surface area contributed by atoms with Gasteiger partial charge in [0.15, 0.2) is 11.5 Å². The van der Waals surface area contributed by atoms with Crippen LogP contribution in [0.1, 0.15) is 5.56 Å². The summed E-state index contributed by atoms with van der Waals surface area (Å²) < 4.78 is 31.1. The first-order valence-corrected chi connectivity index (χ1v) is 10.9. The van der Waals surface area contributed by atoms with Crippen molar-refractivity contribution < 1.29 is 28.2 Å². The second-order valence-electron chi connectivity index (χ2n) is 8.51. The molecule has 2 saturated heterocycles. The van der Waals surface area contributed by atoms with Crippen LogP contribution in [0.3, 0.4) is 0 Å². The van der Waals surface area contributed by atoms with E-state index < -0.39 is 29.4 Å². The van der Waals surface area contributed by atoms with Crippen LogP contribution in [-0.2, 0) is 20.7 Å². The van der Waals surface area contributed by atoms with Gasteiger partial charge >= 0.3 is 0 Å². The van der Waals surface area contributed by atoms with Gasteiger partial charge in [0.25, 0.3) is 0 Å². The third-order valence-electron chi connectivity index (χ3n) is 6.71. The third-order valence-corrected chi connectivity index (χ3v) is 6.71. The lowest BCUT2D eigenvalue weighted by Crippen LogP contribution is -2.44. The number of carbonyl (C=O) groups is 2. The molecule has 4 atom stereocenters. The van der Waals surface area contributed by atoms with E-state index in [0.29, 0.717) is 24.5 Å². The summed E-state index contributed by atoms with van der Waals surface area (Å²) in [5.41, 5.74) is 0.297. The number of rotatable bonds is 7. The zero-order chi connectivity index (χ0) is 23.2. The number of ether oxygens (including phenoxy) is 3. The van der Waals surface area contributed by atoms with Crippen molar-refractivity contribution in [1.29, 1.82) is 0 Å². The number of methoxy groups -OCH3 is 2. The van der Waals surface area contributed by atoms with E-state index in [1.165, 1.54) is 11.0 Å². The monoisotopic (exact) mass is 452 g/mol. The van der Waals surface area contributed by atoms with Crippen LogP contribution in [0.25, 0.3) is 0 Å². The lowest BCUT2D eigenvalue weighted by molar-refractivity contribution is -0.131. The zero-order valence-corrected chi connectivity index (χ0v) is 18.4. The van der Waals surface area contributed by atoms with E-state index in [1.807, 2.05) is 30.4 Å². The lowest BCUT2D eigenvalue weighted by atomic mass is 9.77. The Morgan fingerprint density at radius 1 is 1.21 bits per heavy atom. The molecular formula is C25H25FN2O5. The molecule has 0 aromatic heterocycles. The van der Waals surface area contributed by atoms with Gasteiger partial charge in [0.2, 0.25) is 11.8 Å². The van der Waals surface area contributed by atoms with Gasteiger partial charge in [0.1, 0.15) is 11.4 Å². The summed E-state index contributed by atoms with van der Waals surface area (Å²) in [6.45, 7) is 0.589. The average molecular weight is 452 g/mol. The molecular weight excluding hydrogens is 427 g/mol. The summed E-state index contributed by atoms with van der Waals surface area (Å²) >= 11 is 0. The fraction of sp³-hybridized carbons (Fsp3) is 0.360. The Kier molecular flexibility index (Phi) is 5.32. The summed E-state index contributed by atoms with van der Waals surface area (Å²) in [6.07, 6.45) is 3.83. The van der Waals surface area contributed by atoms with Crippen molar-refractivity contribution >= 4 is 17.5 Å². The number of halogens is 1. The first-order valence-electron chi connectivity index (χ1n) is 10.9. The number of hydrogen-bond acceptors (Lipinski definition) is 5. The zero-order valence-electron chi connectivity index (χ0n) is 18.4. The highest BCUT2D eigenvalue weighted by Crippen LogP contribution is 2.52. The molecule has 8 heteroatoms. The third kappa shape index (κ3) is 3.45. The number of benzene rings is 2. The minimum atomic E-state index is -0.893. The number of anilines is 1. The first-order chi connectivity index (χ1) is 16.0. The molecule has 1 spiro atoms. The van der Waals surface area contributed by atoms with Gasteiger partial charge in [-0.05, 0) is 36.2 Å². The Morgan fingerprint density at radius 2 is 2.00 bits per heavy atom. The maximum atomic E-state index is 14.4. The van der Waals surface area contributed by atoms with Gasteiger partial charge in [-0.2, -0.15) is 0 Å². The standard InChI is InChI=1S/C25H25FN2O5/c1-31-18-8-7-15(13-20(18)32-2)10-12-27-23(29)21-19-9-11-25(33-19)14-28(24(30)22(21)25)17-6-4-3-5-16(17)26/h3-9,11,13,19,21-22H,10,12,14H2,1-2H3,(H,27,29)/t19-,21-,22-,25+/m1/s1. The molecule has 2 bridgehead atoms. The van der Waals surface area contributed by atoms with Crippen LogP contribution in [0, 0.1) is 17.7 Å². The molecule has 2 aromatic carbocycles.